The van der Waals surface area contributed by atoms with Gasteiger partial charge in [-0.15, -0.1) is 0 Å². The third-order valence-corrected chi connectivity index (χ3v) is 3.59. The summed E-state index contributed by atoms with van der Waals surface area (Å²) in [4.78, 5) is 12.0. The Morgan fingerprint density at radius 2 is 1.71 bits per heavy atom. The second-order valence-electron chi connectivity index (χ2n) is 5.28. The first-order valence-corrected chi connectivity index (χ1v) is 7.55. The maximum absolute atomic E-state index is 12.8. The number of carbonyl (C=O) groups excluding carboxylic acids is 1. The number of halogens is 1. The van der Waals surface area contributed by atoms with Gasteiger partial charge < -0.3 is 20.1 Å². The summed E-state index contributed by atoms with van der Waals surface area (Å²) in [5, 5.41) is 5.56. The molecule has 0 saturated heterocycles. The Bertz CT molecular complexity index is 702. The summed E-state index contributed by atoms with van der Waals surface area (Å²) in [7, 11) is 3.10. The van der Waals surface area contributed by atoms with E-state index in [4.69, 9.17) is 9.47 Å². The van der Waals surface area contributed by atoms with Crippen LogP contribution in [0.5, 0.6) is 11.5 Å². The van der Waals surface area contributed by atoms with Crippen molar-refractivity contribution in [1.29, 1.82) is 0 Å². The van der Waals surface area contributed by atoms with Crippen LogP contribution in [0.25, 0.3) is 0 Å². The lowest BCUT2D eigenvalue weighted by Crippen LogP contribution is -2.30. The smallest absolute Gasteiger partial charge is 0.319 e. The largest absolute Gasteiger partial charge is 0.493 e. The SMILES string of the molecule is COc1cc(C)c(NC(=O)NCCc2ccc(F)cc2)cc1OC. The van der Waals surface area contributed by atoms with E-state index in [0.717, 1.165) is 11.1 Å². The average Bonchev–Trinajstić information content (AvgIpc) is 2.58. The van der Waals surface area contributed by atoms with E-state index in [1.54, 1.807) is 38.5 Å². The van der Waals surface area contributed by atoms with Crippen molar-refractivity contribution in [2.45, 2.75) is 13.3 Å². The van der Waals surface area contributed by atoms with Crippen LogP contribution < -0.4 is 20.1 Å². The van der Waals surface area contributed by atoms with Crippen LogP contribution in [-0.2, 0) is 6.42 Å². The molecular weight excluding hydrogens is 311 g/mol. The number of carbonyl (C=O) groups is 1. The molecule has 0 heterocycles. The fraction of sp³-hybridized carbons (Fsp3) is 0.278. The monoisotopic (exact) mass is 332 g/mol. The molecule has 0 aliphatic carbocycles. The summed E-state index contributed by atoms with van der Waals surface area (Å²) in [6, 6.07) is 9.42. The van der Waals surface area contributed by atoms with Crippen molar-refractivity contribution in [3.63, 3.8) is 0 Å². The van der Waals surface area contributed by atoms with Gasteiger partial charge in [0.2, 0.25) is 0 Å². The molecule has 0 radical (unpaired) electrons. The van der Waals surface area contributed by atoms with Crippen molar-refractivity contribution in [1.82, 2.24) is 5.32 Å². The second kappa shape index (κ2) is 8.19. The molecule has 0 aliphatic heterocycles. The van der Waals surface area contributed by atoms with E-state index in [9.17, 15) is 9.18 Å². The average molecular weight is 332 g/mol. The minimum absolute atomic E-state index is 0.270. The fourth-order valence-corrected chi connectivity index (χ4v) is 2.25. The quantitative estimate of drug-likeness (QED) is 0.851. The number of hydrogen-bond acceptors (Lipinski definition) is 3. The number of urea groups is 1. The van der Waals surface area contributed by atoms with Crippen LogP contribution in [0.4, 0.5) is 14.9 Å². The van der Waals surface area contributed by atoms with Gasteiger partial charge in [0.1, 0.15) is 5.82 Å². The molecule has 2 N–H and O–H groups in total. The predicted molar refractivity (Wildman–Crippen MR) is 91.4 cm³/mol. The number of methoxy groups -OCH3 is 2. The van der Waals surface area contributed by atoms with Gasteiger partial charge in [0.05, 0.1) is 14.2 Å². The Kier molecular flexibility index (Phi) is 6.01. The van der Waals surface area contributed by atoms with Gasteiger partial charge in [-0.25, -0.2) is 9.18 Å². The Labute approximate surface area is 140 Å². The van der Waals surface area contributed by atoms with Gasteiger partial charge in [0.15, 0.2) is 11.5 Å². The first-order valence-electron chi connectivity index (χ1n) is 7.55. The highest BCUT2D eigenvalue weighted by Gasteiger charge is 2.10. The maximum Gasteiger partial charge on any atom is 0.319 e. The highest BCUT2D eigenvalue weighted by atomic mass is 19.1. The first kappa shape index (κ1) is 17.6. The lowest BCUT2D eigenvalue weighted by atomic mass is 10.1. The van der Waals surface area contributed by atoms with Crippen LogP contribution in [-0.4, -0.2) is 26.8 Å². The molecule has 0 spiro atoms. The van der Waals surface area contributed by atoms with Crippen molar-refractivity contribution in [2.75, 3.05) is 26.1 Å². The zero-order valence-corrected chi connectivity index (χ0v) is 14.0. The molecule has 0 aliphatic rings. The number of hydrogen-bond donors (Lipinski definition) is 2. The van der Waals surface area contributed by atoms with Crippen LogP contribution in [0.3, 0.4) is 0 Å². The number of rotatable bonds is 6. The zero-order chi connectivity index (χ0) is 17.5. The van der Waals surface area contributed by atoms with Crippen molar-refractivity contribution in [3.05, 3.63) is 53.3 Å². The van der Waals surface area contributed by atoms with Gasteiger partial charge in [0.25, 0.3) is 0 Å². The molecule has 128 valence electrons. The second-order valence-corrected chi connectivity index (χ2v) is 5.28. The molecule has 2 aromatic rings. The Morgan fingerprint density at radius 3 is 2.33 bits per heavy atom. The third kappa shape index (κ3) is 4.62. The fourth-order valence-electron chi connectivity index (χ4n) is 2.25. The molecule has 0 atom stereocenters. The third-order valence-electron chi connectivity index (χ3n) is 3.59. The number of amides is 2. The summed E-state index contributed by atoms with van der Waals surface area (Å²) in [6.07, 6.45) is 0.624. The molecule has 2 rings (SSSR count). The van der Waals surface area contributed by atoms with Crippen LogP contribution in [0.2, 0.25) is 0 Å². The van der Waals surface area contributed by atoms with E-state index >= 15 is 0 Å². The number of anilines is 1. The van der Waals surface area contributed by atoms with E-state index < -0.39 is 0 Å². The van der Waals surface area contributed by atoms with Gasteiger partial charge in [-0.2, -0.15) is 0 Å². The number of aryl methyl sites for hydroxylation is 1. The summed E-state index contributed by atoms with van der Waals surface area (Å²) < 4.78 is 23.3. The van der Waals surface area contributed by atoms with E-state index in [-0.39, 0.29) is 11.8 Å². The highest BCUT2D eigenvalue weighted by molar-refractivity contribution is 5.90. The Balaban J connectivity index is 1.91. The number of ether oxygens (including phenoxy) is 2. The Morgan fingerprint density at radius 1 is 1.08 bits per heavy atom. The van der Waals surface area contributed by atoms with E-state index in [1.165, 1.54) is 12.1 Å². The van der Waals surface area contributed by atoms with Crippen LogP contribution >= 0.6 is 0 Å². The molecule has 0 unspecified atom stereocenters. The molecule has 0 saturated carbocycles. The lowest BCUT2D eigenvalue weighted by molar-refractivity contribution is 0.252. The molecule has 0 fully saturated rings. The van der Waals surface area contributed by atoms with Crippen LogP contribution in [0.15, 0.2) is 36.4 Å². The first-order chi connectivity index (χ1) is 11.5. The minimum Gasteiger partial charge on any atom is -0.493 e. The van der Waals surface area contributed by atoms with Gasteiger partial charge in [-0.1, -0.05) is 12.1 Å². The molecule has 0 aromatic heterocycles. The molecular formula is C18H21FN2O3. The normalized spacial score (nSPS) is 10.2. The topological polar surface area (TPSA) is 59.6 Å². The van der Waals surface area contributed by atoms with Crippen molar-refractivity contribution in [3.8, 4) is 11.5 Å². The highest BCUT2D eigenvalue weighted by Crippen LogP contribution is 2.32. The van der Waals surface area contributed by atoms with E-state index in [1.807, 2.05) is 6.92 Å². The zero-order valence-electron chi connectivity index (χ0n) is 14.0. The van der Waals surface area contributed by atoms with Gasteiger partial charge in [-0.3, -0.25) is 0 Å². The van der Waals surface area contributed by atoms with E-state index in [2.05, 4.69) is 10.6 Å². The molecule has 2 amide bonds. The summed E-state index contributed by atoms with van der Waals surface area (Å²) in [5.41, 5.74) is 2.47. The van der Waals surface area contributed by atoms with Gasteiger partial charge in [0, 0.05) is 18.3 Å². The summed E-state index contributed by atoms with van der Waals surface area (Å²) in [5.74, 6) is 0.885. The number of nitrogens with one attached hydrogen (secondary N) is 2. The molecule has 2 aromatic carbocycles. The molecule has 0 bridgehead atoms. The standard InChI is InChI=1S/C18H21FN2O3/c1-12-10-16(23-2)17(24-3)11-15(12)21-18(22)20-9-8-13-4-6-14(19)7-5-13/h4-7,10-11H,8-9H2,1-3H3,(H2,20,21,22). The number of benzene rings is 2. The van der Waals surface area contributed by atoms with Crippen molar-refractivity contribution >= 4 is 11.7 Å². The maximum atomic E-state index is 12.8. The minimum atomic E-state index is -0.313. The van der Waals surface area contributed by atoms with Crippen LogP contribution in [0.1, 0.15) is 11.1 Å². The molecule has 24 heavy (non-hydrogen) atoms. The lowest BCUT2D eigenvalue weighted by Gasteiger charge is -2.14. The van der Waals surface area contributed by atoms with Gasteiger partial charge in [-0.05, 0) is 42.7 Å². The van der Waals surface area contributed by atoms with E-state index in [0.29, 0.717) is 30.2 Å². The van der Waals surface area contributed by atoms with Gasteiger partial charge >= 0.3 is 6.03 Å². The summed E-state index contributed by atoms with van der Waals surface area (Å²) >= 11 is 0. The van der Waals surface area contributed by atoms with Crippen molar-refractivity contribution < 1.29 is 18.7 Å². The van der Waals surface area contributed by atoms with Crippen LogP contribution in [0, 0.1) is 12.7 Å². The van der Waals surface area contributed by atoms with Crippen molar-refractivity contribution in [2.24, 2.45) is 0 Å². The predicted octanol–water partition coefficient (Wildman–Crippen LogP) is 3.52. The molecule has 6 heteroatoms. The Hall–Kier alpha value is -2.76. The molecule has 5 nitrogen and oxygen atoms in total. The summed E-state index contributed by atoms with van der Waals surface area (Å²) in [6.45, 7) is 2.32.